The lowest BCUT2D eigenvalue weighted by Gasteiger charge is -2.38. The van der Waals surface area contributed by atoms with E-state index in [1.54, 1.807) is 5.19 Å². The van der Waals surface area contributed by atoms with E-state index in [0.717, 1.165) is 0 Å². The number of aryl methyl sites for hydroxylation is 1. The Kier molecular flexibility index (Phi) is 4.57. The highest BCUT2D eigenvalue weighted by Crippen LogP contribution is 2.24. The highest BCUT2D eigenvalue weighted by molar-refractivity contribution is 7.45. The predicted molar refractivity (Wildman–Crippen MR) is 90.9 cm³/mol. The van der Waals surface area contributed by atoms with Gasteiger partial charge in [0, 0.05) is 0 Å². The molecular weight excluding hydrogens is 248 g/mol. The molecule has 1 aromatic rings. The normalized spacial score (nSPS) is 12.3. The molecule has 18 heavy (non-hydrogen) atoms. The molecule has 0 aliphatic carbocycles. The van der Waals surface area contributed by atoms with E-state index in [-0.39, 0.29) is 0 Å². The molecule has 1 rings (SSSR count). The van der Waals surface area contributed by atoms with Crippen LogP contribution in [0.2, 0.25) is 32.2 Å². The minimum Gasteiger partial charge on any atom is -0.103 e. The molecule has 0 aliphatic heterocycles. The van der Waals surface area contributed by atoms with Gasteiger partial charge in [0.15, 0.2) is 0 Å². The Hall–Kier alpha value is -0.866. The predicted octanol–water partition coefficient (Wildman–Crippen LogP) is 4.53. The summed E-state index contributed by atoms with van der Waals surface area (Å²) in [5.74, 6) is 0. The van der Waals surface area contributed by atoms with Crippen LogP contribution in [0.3, 0.4) is 0 Å². The molecule has 0 saturated heterocycles. The van der Waals surface area contributed by atoms with E-state index < -0.39 is 15.2 Å². The average Bonchev–Trinajstić information content (AvgIpc) is 2.28. The molecule has 0 N–H and O–H groups in total. The van der Waals surface area contributed by atoms with Crippen molar-refractivity contribution >= 4 is 26.4 Å². The zero-order chi connectivity index (χ0) is 14.0. The second-order valence-electron chi connectivity index (χ2n) is 6.28. The van der Waals surface area contributed by atoms with Crippen molar-refractivity contribution in [2.75, 3.05) is 0 Å². The fourth-order valence-electron chi connectivity index (χ4n) is 2.30. The molecule has 0 aromatic heterocycles. The fraction of sp³-hybridized carbons (Fsp3) is 0.375. The van der Waals surface area contributed by atoms with Gasteiger partial charge in [-0.3, -0.25) is 0 Å². The van der Waals surface area contributed by atoms with Crippen molar-refractivity contribution in [1.29, 1.82) is 0 Å². The van der Waals surface area contributed by atoms with E-state index in [0.29, 0.717) is 0 Å². The highest BCUT2D eigenvalue weighted by atomic mass is 29.3. The molecule has 0 radical (unpaired) electrons. The molecule has 0 unspecified atom stereocenters. The Morgan fingerprint density at radius 1 is 1.11 bits per heavy atom. The van der Waals surface area contributed by atoms with Crippen LogP contribution in [0.5, 0.6) is 0 Å². The lowest BCUT2D eigenvalue weighted by Crippen LogP contribution is -2.62. The maximum absolute atomic E-state index is 3.94. The zero-order valence-corrected chi connectivity index (χ0v) is 14.5. The zero-order valence-electron chi connectivity index (χ0n) is 12.5. The van der Waals surface area contributed by atoms with Crippen LogP contribution in [-0.4, -0.2) is 15.2 Å². The van der Waals surface area contributed by atoms with Crippen molar-refractivity contribution in [2.45, 2.75) is 39.2 Å². The van der Waals surface area contributed by atoms with Crippen LogP contribution < -0.4 is 5.19 Å². The second-order valence-corrected chi connectivity index (χ2v) is 22.1. The van der Waals surface area contributed by atoms with Crippen LogP contribution in [0.25, 0.3) is 6.08 Å². The van der Waals surface area contributed by atoms with Crippen molar-refractivity contribution in [3.8, 4) is 0 Å². The first-order valence-electron chi connectivity index (χ1n) is 6.61. The third-order valence-electron chi connectivity index (χ3n) is 4.56. The van der Waals surface area contributed by atoms with Gasteiger partial charge >= 0.3 is 0 Å². The van der Waals surface area contributed by atoms with E-state index in [4.69, 9.17) is 0 Å². The molecule has 0 fully saturated rings. The number of hydrogen-bond donors (Lipinski definition) is 0. The molecule has 0 bridgehead atoms. The SMILES string of the molecule is C=CC[Si](C)(C)[Si](C)(C)c1ccc(C=C)c(C)c1. The summed E-state index contributed by atoms with van der Waals surface area (Å²) in [5, 5.41) is 1.59. The standard InChI is InChI=1S/C16H26Si2/c1-8-12-17(4,5)18(6,7)16-11-10-15(9-2)14(3)13-16/h8-11,13H,1-2,12H2,3-7H3. The van der Waals surface area contributed by atoms with Crippen LogP contribution in [0.1, 0.15) is 11.1 Å². The molecule has 2 heteroatoms. The summed E-state index contributed by atoms with van der Waals surface area (Å²) in [7, 11) is -2.59. The fourth-order valence-corrected chi connectivity index (χ4v) is 10.2. The van der Waals surface area contributed by atoms with Gasteiger partial charge in [0.25, 0.3) is 0 Å². The van der Waals surface area contributed by atoms with Gasteiger partial charge in [0.2, 0.25) is 0 Å². The van der Waals surface area contributed by atoms with Crippen molar-refractivity contribution < 1.29 is 0 Å². The topological polar surface area (TPSA) is 0 Å². The molecule has 0 nitrogen and oxygen atoms in total. The second kappa shape index (κ2) is 5.41. The van der Waals surface area contributed by atoms with Crippen molar-refractivity contribution in [2.24, 2.45) is 0 Å². The van der Waals surface area contributed by atoms with Crippen molar-refractivity contribution in [1.82, 2.24) is 0 Å². The van der Waals surface area contributed by atoms with Crippen LogP contribution in [0, 0.1) is 6.92 Å². The summed E-state index contributed by atoms with van der Waals surface area (Å²) >= 11 is 0. The quantitative estimate of drug-likeness (QED) is 0.547. The van der Waals surface area contributed by atoms with Crippen molar-refractivity contribution in [3.63, 3.8) is 0 Å². The molecule has 1 aromatic carbocycles. The first-order chi connectivity index (χ1) is 8.26. The van der Waals surface area contributed by atoms with E-state index in [1.807, 2.05) is 6.08 Å². The molecule has 98 valence electrons. The molecule has 0 amide bonds. The van der Waals surface area contributed by atoms with E-state index >= 15 is 0 Å². The number of hydrogen-bond acceptors (Lipinski definition) is 0. The highest BCUT2D eigenvalue weighted by Gasteiger charge is 2.41. The number of allylic oxidation sites excluding steroid dienone is 1. The van der Waals surface area contributed by atoms with Gasteiger partial charge < -0.3 is 0 Å². The largest absolute Gasteiger partial charge is 0.103 e. The van der Waals surface area contributed by atoms with E-state index in [2.05, 4.69) is 70.5 Å². The van der Waals surface area contributed by atoms with Crippen LogP contribution in [0.15, 0.2) is 37.4 Å². The maximum atomic E-state index is 3.94. The lowest BCUT2D eigenvalue weighted by atomic mass is 10.1. The van der Waals surface area contributed by atoms with E-state index in [9.17, 15) is 0 Å². The van der Waals surface area contributed by atoms with Gasteiger partial charge in [0.05, 0.1) is 15.2 Å². The van der Waals surface area contributed by atoms with Gasteiger partial charge in [0.1, 0.15) is 0 Å². The first-order valence-corrected chi connectivity index (χ1v) is 13.8. The van der Waals surface area contributed by atoms with Gasteiger partial charge in [-0.2, -0.15) is 0 Å². The Morgan fingerprint density at radius 3 is 2.17 bits per heavy atom. The van der Waals surface area contributed by atoms with E-state index in [1.165, 1.54) is 17.2 Å². The van der Waals surface area contributed by atoms with Gasteiger partial charge in [-0.05, 0) is 24.1 Å². The lowest BCUT2D eigenvalue weighted by molar-refractivity contribution is 1.45. The Balaban J connectivity index is 3.23. The minimum atomic E-state index is -1.36. The summed E-state index contributed by atoms with van der Waals surface area (Å²) in [6, 6.07) is 8.16. The molecule has 0 aliphatic rings. The van der Waals surface area contributed by atoms with Crippen LogP contribution in [-0.2, 0) is 0 Å². The molecule has 0 saturated carbocycles. The monoisotopic (exact) mass is 274 g/mol. The van der Waals surface area contributed by atoms with Gasteiger partial charge in [-0.1, -0.05) is 68.3 Å². The van der Waals surface area contributed by atoms with Crippen molar-refractivity contribution in [3.05, 3.63) is 48.6 Å². The third kappa shape index (κ3) is 2.75. The molecule has 0 heterocycles. The molecule has 0 atom stereocenters. The summed E-state index contributed by atoms with van der Waals surface area (Å²) < 4.78 is 0. The first kappa shape index (κ1) is 15.2. The summed E-state index contributed by atoms with van der Waals surface area (Å²) in [5.41, 5.74) is 2.61. The summed E-state index contributed by atoms with van der Waals surface area (Å²) in [4.78, 5) is 0. The maximum Gasteiger partial charge on any atom is 0.0742 e. The minimum absolute atomic E-state index is 1.22. The smallest absolute Gasteiger partial charge is 0.0742 e. The summed E-state index contributed by atoms with van der Waals surface area (Å²) in [6.45, 7) is 20.1. The summed E-state index contributed by atoms with van der Waals surface area (Å²) in [6.07, 6.45) is 4.06. The Bertz CT molecular complexity index is 456. The number of rotatable bonds is 5. The average molecular weight is 275 g/mol. The number of benzene rings is 1. The Morgan fingerprint density at radius 2 is 1.72 bits per heavy atom. The van der Waals surface area contributed by atoms with Gasteiger partial charge in [-0.25, -0.2) is 0 Å². The van der Waals surface area contributed by atoms with Crippen LogP contribution in [0.4, 0.5) is 0 Å². The third-order valence-corrected chi connectivity index (χ3v) is 22.6. The molecule has 0 spiro atoms. The van der Waals surface area contributed by atoms with Crippen LogP contribution >= 0.6 is 0 Å². The molecular formula is C16H26Si2. The Labute approximate surface area is 114 Å². The van der Waals surface area contributed by atoms with Gasteiger partial charge in [-0.15, -0.1) is 6.58 Å².